The summed E-state index contributed by atoms with van der Waals surface area (Å²) in [5, 5.41) is 2.16. The third-order valence-electron chi connectivity index (χ3n) is 5.26. The van der Waals surface area contributed by atoms with Crippen molar-refractivity contribution in [3.63, 3.8) is 0 Å². The third kappa shape index (κ3) is 4.69. The van der Waals surface area contributed by atoms with E-state index >= 15 is 0 Å². The number of imide groups is 2. The molecule has 0 spiro atoms. The van der Waals surface area contributed by atoms with E-state index in [0.29, 0.717) is 18.8 Å². The molecule has 0 bridgehead atoms. The highest BCUT2D eigenvalue weighted by Crippen LogP contribution is 2.23. The van der Waals surface area contributed by atoms with E-state index in [1.807, 2.05) is 42.8 Å². The van der Waals surface area contributed by atoms with E-state index in [9.17, 15) is 18.8 Å². The lowest BCUT2D eigenvalue weighted by Crippen LogP contribution is -2.54. The van der Waals surface area contributed by atoms with Crippen LogP contribution in [0.1, 0.15) is 16.8 Å². The van der Waals surface area contributed by atoms with Crippen molar-refractivity contribution in [3.05, 3.63) is 89.0 Å². The number of nitrogens with one attached hydrogen (secondary N) is 1. The molecule has 4 amide bonds. The summed E-state index contributed by atoms with van der Waals surface area (Å²) in [6, 6.07) is 13.5. The Morgan fingerprint density at radius 1 is 1.03 bits per heavy atom. The fourth-order valence-corrected chi connectivity index (χ4v) is 3.61. The average molecular weight is 447 g/mol. The standard InChI is InChI=1S/C25H22FN3O4/c1-16-5-10-22(17(2)14-16)33-13-12-28-11-3-4-20(28)15-21-23(30)27-25(32)29(24(21)31)19-8-6-18(26)7-9-19/h3-11,14-15H,12-13H2,1-2H3,(H,27,30,32)/b21-15-. The van der Waals surface area contributed by atoms with Crippen molar-refractivity contribution in [3.8, 4) is 5.75 Å². The summed E-state index contributed by atoms with van der Waals surface area (Å²) in [6.45, 7) is 4.87. The Morgan fingerprint density at radius 2 is 1.79 bits per heavy atom. The van der Waals surface area contributed by atoms with Crippen LogP contribution in [0.15, 0.2) is 66.4 Å². The van der Waals surface area contributed by atoms with Gasteiger partial charge < -0.3 is 9.30 Å². The maximum Gasteiger partial charge on any atom is 0.335 e. The van der Waals surface area contributed by atoms with Crippen molar-refractivity contribution in [1.82, 2.24) is 9.88 Å². The van der Waals surface area contributed by atoms with Gasteiger partial charge in [-0.1, -0.05) is 17.7 Å². The zero-order chi connectivity index (χ0) is 23.5. The minimum Gasteiger partial charge on any atom is -0.491 e. The molecular weight excluding hydrogens is 425 g/mol. The number of hydrogen-bond acceptors (Lipinski definition) is 4. The van der Waals surface area contributed by atoms with Crippen molar-refractivity contribution >= 4 is 29.6 Å². The number of amides is 4. The first-order valence-electron chi connectivity index (χ1n) is 10.4. The summed E-state index contributed by atoms with van der Waals surface area (Å²) in [7, 11) is 0. The molecule has 0 atom stereocenters. The zero-order valence-electron chi connectivity index (χ0n) is 18.2. The van der Waals surface area contributed by atoms with Crippen molar-refractivity contribution < 1.29 is 23.5 Å². The van der Waals surface area contributed by atoms with E-state index in [2.05, 4.69) is 5.32 Å². The van der Waals surface area contributed by atoms with E-state index in [1.54, 1.807) is 12.1 Å². The van der Waals surface area contributed by atoms with Crippen LogP contribution in [-0.2, 0) is 16.1 Å². The second-order valence-electron chi connectivity index (χ2n) is 7.68. The highest BCUT2D eigenvalue weighted by molar-refractivity contribution is 6.39. The van der Waals surface area contributed by atoms with Crippen LogP contribution in [0.2, 0.25) is 0 Å². The lowest BCUT2D eigenvalue weighted by molar-refractivity contribution is -0.122. The highest BCUT2D eigenvalue weighted by Gasteiger charge is 2.37. The van der Waals surface area contributed by atoms with Crippen LogP contribution in [0, 0.1) is 19.7 Å². The fraction of sp³-hybridized carbons (Fsp3) is 0.160. The van der Waals surface area contributed by atoms with Gasteiger partial charge in [-0.15, -0.1) is 0 Å². The monoisotopic (exact) mass is 447 g/mol. The summed E-state index contributed by atoms with van der Waals surface area (Å²) < 4.78 is 21.0. The number of rotatable bonds is 6. The summed E-state index contributed by atoms with van der Waals surface area (Å²) in [5.41, 5.74) is 2.76. The van der Waals surface area contributed by atoms with Gasteiger partial charge in [0.1, 0.15) is 23.7 Å². The number of hydrogen-bond donors (Lipinski definition) is 1. The number of urea groups is 1. The van der Waals surface area contributed by atoms with E-state index in [0.717, 1.165) is 33.9 Å². The van der Waals surface area contributed by atoms with Crippen molar-refractivity contribution in [2.45, 2.75) is 20.4 Å². The van der Waals surface area contributed by atoms with Crippen LogP contribution in [0.4, 0.5) is 14.9 Å². The predicted molar refractivity (Wildman–Crippen MR) is 121 cm³/mol. The van der Waals surface area contributed by atoms with E-state index in [-0.39, 0.29) is 11.3 Å². The van der Waals surface area contributed by atoms with E-state index in [1.165, 1.54) is 18.2 Å². The first-order valence-corrected chi connectivity index (χ1v) is 10.4. The van der Waals surface area contributed by atoms with Gasteiger partial charge in [0.15, 0.2) is 0 Å². The van der Waals surface area contributed by atoms with Gasteiger partial charge in [-0.3, -0.25) is 14.9 Å². The molecule has 1 aromatic heterocycles. The molecule has 1 aliphatic heterocycles. The summed E-state index contributed by atoms with van der Waals surface area (Å²) in [6.07, 6.45) is 3.24. The van der Waals surface area contributed by atoms with Crippen molar-refractivity contribution in [2.24, 2.45) is 0 Å². The van der Waals surface area contributed by atoms with E-state index in [4.69, 9.17) is 4.74 Å². The Bertz CT molecular complexity index is 1260. The largest absolute Gasteiger partial charge is 0.491 e. The second-order valence-corrected chi connectivity index (χ2v) is 7.68. The molecule has 0 aliphatic carbocycles. The first-order chi connectivity index (χ1) is 15.8. The lowest BCUT2D eigenvalue weighted by atomic mass is 10.1. The summed E-state index contributed by atoms with van der Waals surface area (Å²) in [5.74, 6) is -1.28. The van der Waals surface area contributed by atoms with Gasteiger partial charge in [-0.05, 0) is 68.0 Å². The van der Waals surface area contributed by atoms with Gasteiger partial charge in [0, 0.05) is 11.9 Å². The Morgan fingerprint density at radius 3 is 2.52 bits per heavy atom. The molecule has 33 heavy (non-hydrogen) atoms. The number of ether oxygens (including phenoxy) is 1. The minimum atomic E-state index is -0.883. The number of nitrogens with zero attached hydrogens (tertiary/aromatic N) is 2. The molecule has 0 saturated carbocycles. The first kappa shape index (κ1) is 22.0. The van der Waals surface area contributed by atoms with Gasteiger partial charge in [-0.2, -0.15) is 0 Å². The van der Waals surface area contributed by atoms with Crippen LogP contribution in [0.25, 0.3) is 6.08 Å². The van der Waals surface area contributed by atoms with Crippen molar-refractivity contribution in [2.75, 3.05) is 11.5 Å². The van der Waals surface area contributed by atoms with Crippen LogP contribution in [0.3, 0.4) is 0 Å². The van der Waals surface area contributed by atoms with Gasteiger partial charge in [0.25, 0.3) is 11.8 Å². The topological polar surface area (TPSA) is 80.6 Å². The van der Waals surface area contributed by atoms with Crippen LogP contribution >= 0.6 is 0 Å². The lowest BCUT2D eigenvalue weighted by Gasteiger charge is -2.26. The number of anilines is 1. The van der Waals surface area contributed by atoms with Gasteiger partial charge in [0.2, 0.25) is 0 Å². The Labute approximate surface area is 190 Å². The van der Waals surface area contributed by atoms with Gasteiger partial charge in [-0.25, -0.2) is 14.1 Å². The van der Waals surface area contributed by atoms with Crippen molar-refractivity contribution in [1.29, 1.82) is 0 Å². The molecule has 168 valence electrons. The summed E-state index contributed by atoms with van der Waals surface area (Å²) >= 11 is 0. The number of aromatic nitrogens is 1. The molecule has 7 nitrogen and oxygen atoms in total. The van der Waals surface area contributed by atoms with Crippen LogP contribution in [0.5, 0.6) is 5.75 Å². The number of barbiturate groups is 1. The number of aryl methyl sites for hydroxylation is 2. The average Bonchev–Trinajstić information content (AvgIpc) is 3.21. The normalized spacial score (nSPS) is 15.2. The Hall–Kier alpha value is -4.20. The number of carbonyl (C=O) groups excluding carboxylic acids is 3. The summed E-state index contributed by atoms with van der Waals surface area (Å²) in [4.78, 5) is 38.5. The second kappa shape index (κ2) is 9.12. The number of carbonyl (C=O) groups is 3. The van der Waals surface area contributed by atoms with E-state index < -0.39 is 23.7 Å². The van der Waals surface area contributed by atoms with Crippen LogP contribution in [-0.4, -0.2) is 29.0 Å². The zero-order valence-corrected chi connectivity index (χ0v) is 18.2. The van der Waals surface area contributed by atoms with Gasteiger partial charge >= 0.3 is 6.03 Å². The molecule has 1 N–H and O–H groups in total. The minimum absolute atomic E-state index is 0.162. The molecule has 3 aromatic rings. The molecule has 1 saturated heterocycles. The van der Waals surface area contributed by atoms with Gasteiger partial charge in [0.05, 0.1) is 12.2 Å². The maximum atomic E-state index is 13.3. The predicted octanol–water partition coefficient (Wildman–Crippen LogP) is 3.99. The smallest absolute Gasteiger partial charge is 0.335 e. The quantitative estimate of drug-likeness (QED) is 0.458. The van der Waals surface area contributed by atoms with Crippen LogP contribution < -0.4 is 15.0 Å². The molecule has 0 unspecified atom stereocenters. The molecule has 2 aromatic carbocycles. The fourth-order valence-electron chi connectivity index (χ4n) is 3.61. The molecule has 2 heterocycles. The maximum absolute atomic E-state index is 13.3. The number of halogens is 1. The molecule has 4 rings (SSSR count). The molecule has 1 fully saturated rings. The number of benzene rings is 2. The third-order valence-corrected chi connectivity index (χ3v) is 5.26. The SMILES string of the molecule is Cc1ccc(OCCn2cccc2/C=C2/C(=O)NC(=O)N(c3ccc(F)cc3)C2=O)c(C)c1. The molecular formula is C25H22FN3O4. The Kier molecular flexibility index (Phi) is 6.08. The molecule has 8 heteroatoms. The highest BCUT2D eigenvalue weighted by atomic mass is 19.1. The molecule has 0 radical (unpaired) electrons. The molecule has 1 aliphatic rings. The Balaban J connectivity index is 1.53.